The Labute approximate surface area is 131 Å². The summed E-state index contributed by atoms with van der Waals surface area (Å²) < 4.78 is 0. The lowest BCUT2D eigenvalue weighted by Gasteiger charge is -2.25. The molecule has 1 fully saturated rings. The van der Waals surface area contributed by atoms with Gasteiger partial charge in [0.15, 0.2) is 0 Å². The van der Waals surface area contributed by atoms with Crippen molar-refractivity contribution in [3.63, 3.8) is 0 Å². The molecule has 0 amide bonds. The second-order valence-electron chi connectivity index (χ2n) is 6.78. The monoisotopic (exact) mass is 300 g/mol. The zero-order chi connectivity index (χ0) is 15.0. The number of anilines is 2. The Balaban J connectivity index is 2.03. The van der Waals surface area contributed by atoms with E-state index in [4.69, 9.17) is 11.6 Å². The number of hydrogen-bond donors (Lipinski definition) is 1. The smallest absolute Gasteiger partial charge is 0.130 e. The highest BCUT2D eigenvalue weighted by molar-refractivity contribution is 6.31. The van der Waals surface area contributed by atoms with Gasteiger partial charge in [-0.05, 0) is 53.5 Å². The Morgan fingerprint density at radius 3 is 2.52 bits per heavy atom. The fourth-order valence-electron chi connectivity index (χ4n) is 2.60. The van der Waals surface area contributed by atoms with E-state index >= 15 is 0 Å². The third kappa shape index (κ3) is 3.21. The molecular formula is C18H21ClN2. The molecule has 110 valence electrons. The first-order valence-corrected chi connectivity index (χ1v) is 7.85. The van der Waals surface area contributed by atoms with E-state index in [1.54, 1.807) is 6.20 Å². The maximum absolute atomic E-state index is 6.49. The van der Waals surface area contributed by atoms with Crippen molar-refractivity contribution in [2.75, 3.05) is 5.32 Å². The maximum atomic E-state index is 6.49. The molecule has 3 rings (SSSR count). The van der Waals surface area contributed by atoms with Crippen LogP contribution in [0.25, 0.3) is 0 Å². The van der Waals surface area contributed by atoms with Crippen LogP contribution in [0.1, 0.15) is 50.7 Å². The van der Waals surface area contributed by atoms with Gasteiger partial charge < -0.3 is 5.32 Å². The minimum Gasteiger partial charge on any atom is -0.340 e. The van der Waals surface area contributed by atoms with Gasteiger partial charge in [0.05, 0.1) is 0 Å². The van der Waals surface area contributed by atoms with E-state index < -0.39 is 0 Å². The Kier molecular flexibility index (Phi) is 3.66. The van der Waals surface area contributed by atoms with E-state index in [1.807, 2.05) is 18.2 Å². The predicted octanol–water partition coefficient (Wildman–Crippen LogP) is 5.65. The summed E-state index contributed by atoms with van der Waals surface area (Å²) in [6.07, 6.45) is 4.31. The van der Waals surface area contributed by atoms with Crippen LogP contribution in [0, 0.1) is 0 Å². The highest BCUT2D eigenvalue weighted by atomic mass is 35.5. The first kappa shape index (κ1) is 14.4. The summed E-state index contributed by atoms with van der Waals surface area (Å²) in [4.78, 5) is 4.34. The maximum Gasteiger partial charge on any atom is 0.130 e. The number of aromatic nitrogens is 1. The van der Waals surface area contributed by atoms with E-state index in [9.17, 15) is 0 Å². The molecule has 3 heteroatoms. The van der Waals surface area contributed by atoms with Gasteiger partial charge in [0, 0.05) is 16.9 Å². The van der Waals surface area contributed by atoms with Crippen molar-refractivity contribution < 1.29 is 0 Å². The molecule has 2 aromatic rings. The average Bonchev–Trinajstić information content (AvgIpc) is 3.23. The number of nitrogens with zero attached hydrogens (tertiary/aromatic N) is 1. The largest absolute Gasteiger partial charge is 0.340 e. The predicted molar refractivity (Wildman–Crippen MR) is 89.6 cm³/mol. The summed E-state index contributed by atoms with van der Waals surface area (Å²) in [5, 5.41) is 4.28. The Hall–Kier alpha value is -1.54. The number of rotatable bonds is 3. The van der Waals surface area contributed by atoms with Gasteiger partial charge in [-0.25, -0.2) is 4.98 Å². The van der Waals surface area contributed by atoms with Crippen LogP contribution < -0.4 is 5.32 Å². The normalized spacial score (nSPS) is 15.0. The van der Waals surface area contributed by atoms with Crippen LogP contribution in [-0.2, 0) is 5.41 Å². The molecule has 2 nitrogen and oxygen atoms in total. The molecule has 0 saturated heterocycles. The SMILES string of the molecule is CC(C)(C)c1cc(C2CC2)c(Cl)cc1Nc1ccccn1. The lowest BCUT2D eigenvalue weighted by atomic mass is 9.84. The Morgan fingerprint density at radius 2 is 1.95 bits per heavy atom. The minimum absolute atomic E-state index is 0.0609. The number of nitrogens with one attached hydrogen (secondary N) is 1. The molecular weight excluding hydrogens is 280 g/mol. The molecule has 1 aromatic carbocycles. The van der Waals surface area contributed by atoms with Gasteiger partial charge in [0.25, 0.3) is 0 Å². The number of hydrogen-bond acceptors (Lipinski definition) is 2. The third-order valence-electron chi connectivity index (χ3n) is 3.89. The molecule has 0 bridgehead atoms. The molecule has 0 spiro atoms. The fraction of sp³-hybridized carbons (Fsp3) is 0.389. The van der Waals surface area contributed by atoms with Crippen molar-refractivity contribution in [1.29, 1.82) is 0 Å². The van der Waals surface area contributed by atoms with Crippen LogP contribution in [0.2, 0.25) is 5.02 Å². The second-order valence-corrected chi connectivity index (χ2v) is 7.19. The van der Waals surface area contributed by atoms with Gasteiger partial charge in [-0.1, -0.05) is 44.5 Å². The summed E-state index contributed by atoms with van der Waals surface area (Å²) in [6, 6.07) is 10.2. The van der Waals surface area contributed by atoms with Crippen molar-refractivity contribution in [2.45, 2.75) is 44.9 Å². The Morgan fingerprint density at radius 1 is 1.19 bits per heavy atom. The molecule has 0 atom stereocenters. The lowest BCUT2D eigenvalue weighted by molar-refractivity contribution is 0.591. The number of halogens is 1. The van der Waals surface area contributed by atoms with Crippen molar-refractivity contribution >= 4 is 23.1 Å². The molecule has 1 aliphatic rings. The molecule has 1 aromatic heterocycles. The summed E-state index contributed by atoms with van der Waals surface area (Å²) >= 11 is 6.49. The standard InChI is InChI=1S/C18H21ClN2/c1-18(2,3)14-10-13(12-7-8-12)15(19)11-16(14)21-17-6-4-5-9-20-17/h4-6,9-12H,7-8H2,1-3H3,(H,20,21). The lowest BCUT2D eigenvalue weighted by Crippen LogP contribution is -2.14. The summed E-state index contributed by atoms with van der Waals surface area (Å²) in [5.41, 5.74) is 3.70. The highest BCUT2D eigenvalue weighted by Gasteiger charge is 2.29. The third-order valence-corrected chi connectivity index (χ3v) is 4.22. The molecule has 0 radical (unpaired) electrons. The van der Waals surface area contributed by atoms with Crippen LogP contribution in [0.3, 0.4) is 0 Å². The zero-order valence-corrected chi connectivity index (χ0v) is 13.5. The van der Waals surface area contributed by atoms with Gasteiger partial charge in [-0.3, -0.25) is 0 Å². The Bertz CT molecular complexity index is 640. The molecule has 1 saturated carbocycles. The number of pyridine rings is 1. The first-order chi connectivity index (χ1) is 9.95. The first-order valence-electron chi connectivity index (χ1n) is 7.47. The van der Waals surface area contributed by atoms with Gasteiger partial charge in [-0.2, -0.15) is 0 Å². The average molecular weight is 301 g/mol. The second kappa shape index (κ2) is 5.34. The van der Waals surface area contributed by atoms with E-state index in [-0.39, 0.29) is 5.41 Å². The fourth-order valence-corrected chi connectivity index (χ4v) is 2.91. The van der Waals surface area contributed by atoms with Crippen LogP contribution in [0.4, 0.5) is 11.5 Å². The minimum atomic E-state index is 0.0609. The molecule has 0 unspecified atom stereocenters. The van der Waals surface area contributed by atoms with Gasteiger partial charge >= 0.3 is 0 Å². The van der Waals surface area contributed by atoms with Crippen LogP contribution in [0.15, 0.2) is 36.5 Å². The zero-order valence-electron chi connectivity index (χ0n) is 12.8. The van der Waals surface area contributed by atoms with Crippen molar-refractivity contribution in [3.05, 3.63) is 52.7 Å². The molecule has 1 heterocycles. The number of benzene rings is 1. The van der Waals surface area contributed by atoms with Crippen molar-refractivity contribution in [1.82, 2.24) is 4.98 Å². The van der Waals surface area contributed by atoms with E-state index in [0.29, 0.717) is 5.92 Å². The summed E-state index contributed by atoms with van der Waals surface area (Å²) in [5.74, 6) is 1.50. The summed E-state index contributed by atoms with van der Waals surface area (Å²) in [7, 11) is 0. The molecule has 0 aliphatic heterocycles. The topological polar surface area (TPSA) is 24.9 Å². The van der Waals surface area contributed by atoms with Crippen molar-refractivity contribution in [3.8, 4) is 0 Å². The highest BCUT2D eigenvalue weighted by Crippen LogP contribution is 2.46. The van der Waals surface area contributed by atoms with Crippen molar-refractivity contribution in [2.24, 2.45) is 0 Å². The van der Waals surface area contributed by atoms with E-state index in [0.717, 1.165) is 16.5 Å². The van der Waals surface area contributed by atoms with Crippen LogP contribution in [0.5, 0.6) is 0 Å². The summed E-state index contributed by atoms with van der Waals surface area (Å²) in [6.45, 7) is 6.70. The van der Waals surface area contributed by atoms with Crippen LogP contribution in [-0.4, -0.2) is 4.98 Å². The quantitative estimate of drug-likeness (QED) is 0.792. The van der Waals surface area contributed by atoms with Gasteiger partial charge in [0.2, 0.25) is 0 Å². The molecule has 1 N–H and O–H groups in total. The van der Waals surface area contributed by atoms with Gasteiger partial charge in [-0.15, -0.1) is 0 Å². The van der Waals surface area contributed by atoms with E-state index in [1.165, 1.54) is 24.0 Å². The van der Waals surface area contributed by atoms with Crippen LogP contribution >= 0.6 is 11.6 Å². The molecule has 1 aliphatic carbocycles. The van der Waals surface area contributed by atoms with E-state index in [2.05, 4.69) is 43.2 Å². The molecule has 21 heavy (non-hydrogen) atoms. The van der Waals surface area contributed by atoms with Gasteiger partial charge in [0.1, 0.15) is 5.82 Å².